The van der Waals surface area contributed by atoms with Crippen LogP contribution in [0.25, 0.3) is 10.2 Å². The summed E-state index contributed by atoms with van der Waals surface area (Å²) in [7, 11) is 0. The lowest BCUT2D eigenvalue weighted by Gasteiger charge is -2.15. The molecule has 21 heavy (non-hydrogen) atoms. The molecule has 1 atom stereocenters. The minimum Gasteiger partial charge on any atom is -0.308 e. The monoisotopic (exact) mass is 296 g/mol. The van der Waals surface area contributed by atoms with E-state index in [0.717, 1.165) is 18.5 Å². The van der Waals surface area contributed by atoms with Crippen LogP contribution in [0.3, 0.4) is 0 Å². The Labute approximate surface area is 129 Å². The van der Waals surface area contributed by atoms with Crippen LogP contribution in [0, 0.1) is 6.92 Å². The molecule has 0 spiro atoms. The van der Waals surface area contributed by atoms with Gasteiger partial charge in [0, 0.05) is 0 Å². The van der Waals surface area contributed by atoms with Gasteiger partial charge in [-0.05, 0) is 37.6 Å². The van der Waals surface area contributed by atoms with Gasteiger partial charge in [0.2, 0.25) is 0 Å². The fourth-order valence-corrected chi connectivity index (χ4v) is 3.65. The van der Waals surface area contributed by atoms with Crippen LogP contribution >= 0.6 is 11.3 Å². The van der Waals surface area contributed by atoms with Gasteiger partial charge in [-0.1, -0.05) is 48.9 Å². The normalized spacial score (nSPS) is 12.7. The third-order valence-corrected chi connectivity index (χ3v) is 4.73. The van der Waals surface area contributed by atoms with Gasteiger partial charge in [-0.15, -0.1) is 11.3 Å². The number of para-hydroxylation sites is 1. The standard InChI is InChI=1S/C18H20N2S/c1-3-19-16(12-14-8-6-7-13(2)11-14)18-20-15-9-4-5-10-17(15)21-18/h4-11,16,19H,3,12H2,1-2H3. The van der Waals surface area contributed by atoms with Crippen molar-refractivity contribution in [3.63, 3.8) is 0 Å². The smallest absolute Gasteiger partial charge is 0.111 e. The second-order valence-corrected chi connectivity index (χ2v) is 6.39. The molecule has 3 heteroatoms. The van der Waals surface area contributed by atoms with Gasteiger partial charge in [0.05, 0.1) is 16.3 Å². The summed E-state index contributed by atoms with van der Waals surface area (Å²) in [5, 5.41) is 4.76. The van der Waals surface area contributed by atoms with Crippen molar-refractivity contribution in [1.29, 1.82) is 0 Å². The molecule has 0 radical (unpaired) electrons. The number of hydrogen-bond acceptors (Lipinski definition) is 3. The van der Waals surface area contributed by atoms with E-state index in [2.05, 4.69) is 67.7 Å². The van der Waals surface area contributed by atoms with E-state index in [1.165, 1.54) is 20.8 Å². The molecule has 0 aliphatic rings. The van der Waals surface area contributed by atoms with Gasteiger partial charge in [-0.25, -0.2) is 4.98 Å². The quantitative estimate of drug-likeness (QED) is 0.750. The molecule has 0 amide bonds. The van der Waals surface area contributed by atoms with Gasteiger partial charge in [-0.2, -0.15) is 0 Å². The maximum atomic E-state index is 4.81. The molecule has 1 heterocycles. The number of fused-ring (bicyclic) bond motifs is 1. The van der Waals surface area contributed by atoms with Gasteiger partial charge in [0.25, 0.3) is 0 Å². The van der Waals surface area contributed by atoms with Gasteiger partial charge in [-0.3, -0.25) is 0 Å². The first-order valence-electron chi connectivity index (χ1n) is 7.40. The fourth-order valence-electron chi connectivity index (χ4n) is 2.61. The van der Waals surface area contributed by atoms with Crippen LogP contribution in [-0.2, 0) is 6.42 Å². The molecule has 108 valence electrons. The Hall–Kier alpha value is -1.71. The van der Waals surface area contributed by atoms with Crippen LogP contribution in [0.4, 0.5) is 0 Å². The third kappa shape index (κ3) is 3.31. The van der Waals surface area contributed by atoms with E-state index in [1.54, 1.807) is 11.3 Å². The average molecular weight is 296 g/mol. The number of likely N-dealkylation sites (N-methyl/N-ethyl adjacent to an activating group) is 1. The molecule has 0 aliphatic carbocycles. The summed E-state index contributed by atoms with van der Waals surface area (Å²) in [6.45, 7) is 5.24. The van der Waals surface area contributed by atoms with E-state index in [4.69, 9.17) is 4.98 Å². The highest BCUT2D eigenvalue weighted by Gasteiger charge is 2.16. The predicted molar refractivity (Wildman–Crippen MR) is 90.9 cm³/mol. The molecule has 3 rings (SSSR count). The number of rotatable bonds is 5. The van der Waals surface area contributed by atoms with Crippen molar-refractivity contribution in [1.82, 2.24) is 10.3 Å². The topological polar surface area (TPSA) is 24.9 Å². The maximum Gasteiger partial charge on any atom is 0.111 e. The number of aromatic nitrogens is 1. The van der Waals surface area contributed by atoms with Crippen LogP contribution in [-0.4, -0.2) is 11.5 Å². The first kappa shape index (κ1) is 14.2. The van der Waals surface area contributed by atoms with E-state index in [0.29, 0.717) is 0 Å². The van der Waals surface area contributed by atoms with Crippen molar-refractivity contribution in [3.8, 4) is 0 Å². The molecule has 1 aromatic heterocycles. The van der Waals surface area contributed by atoms with E-state index in [1.807, 2.05) is 0 Å². The highest BCUT2D eigenvalue weighted by molar-refractivity contribution is 7.18. The third-order valence-electron chi connectivity index (χ3n) is 3.58. The van der Waals surface area contributed by atoms with Crippen LogP contribution in [0.5, 0.6) is 0 Å². The highest BCUT2D eigenvalue weighted by atomic mass is 32.1. The van der Waals surface area contributed by atoms with Crippen molar-refractivity contribution >= 4 is 21.6 Å². The summed E-state index contributed by atoms with van der Waals surface area (Å²) in [6.07, 6.45) is 0.981. The largest absolute Gasteiger partial charge is 0.308 e. The summed E-state index contributed by atoms with van der Waals surface area (Å²) in [6, 6.07) is 17.4. The lowest BCUT2D eigenvalue weighted by atomic mass is 10.0. The molecule has 1 unspecified atom stereocenters. The summed E-state index contributed by atoms with van der Waals surface area (Å²) in [4.78, 5) is 4.81. The first-order chi connectivity index (χ1) is 10.3. The van der Waals surface area contributed by atoms with Gasteiger partial charge in [0.15, 0.2) is 0 Å². The minimum atomic E-state index is 0.286. The number of hydrogen-bond donors (Lipinski definition) is 1. The summed E-state index contributed by atoms with van der Waals surface area (Å²) < 4.78 is 1.26. The van der Waals surface area contributed by atoms with Crippen molar-refractivity contribution in [2.75, 3.05) is 6.54 Å². The maximum absolute atomic E-state index is 4.81. The van der Waals surface area contributed by atoms with Crippen LogP contribution in [0.2, 0.25) is 0 Å². The molecule has 1 N–H and O–H groups in total. The molecule has 2 nitrogen and oxygen atoms in total. The molecule has 0 bridgehead atoms. The minimum absolute atomic E-state index is 0.286. The predicted octanol–water partition coefficient (Wildman–Crippen LogP) is 4.50. The Morgan fingerprint density at radius 3 is 2.76 bits per heavy atom. The molecule has 0 fully saturated rings. The van der Waals surface area contributed by atoms with Crippen molar-refractivity contribution < 1.29 is 0 Å². The average Bonchev–Trinajstić information content (AvgIpc) is 2.91. The highest BCUT2D eigenvalue weighted by Crippen LogP contribution is 2.28. The molecule has 0 saturated carbocycles. The Kier molecular flexibility index (Phi) is 4.32. The Balaban J connectivity index is 1.90. The van der Waals surface area contributed by atoms with Crippen molar-refractivity contribution in [3.05, 3.63) is 64.7 Å². The van der Waals surface area contributed by atoms with Crippen molar-refractivity contribution in [2.45, 2.75) is 26.3 Å². The zero-order valence-electron chi connectivity index (χ0n) is 12.5. The van der Waals surface area contributed by atoms with Crippen LogP contribution in [0.1, 0.15) is 29.1 Å². The first-order valence-corrected chi connectivity index (χ1v) is 8.22. The van der Waals surface area contributed by atoms with E-state index in [-0.39, 0.29) is 6.04 Å². The molecule has 2 aromatic carbocycles. The lowest BCUT2D eigenvalue weighted by molar-refractivity contribution is 0.548. The van der Waals surface area contributed by atoms with E-state index < -0.39 is 0 Å². The number of aryl methyl sites for hydroxylation is 1. The molecular weight excluding hydrogens is 276 g/mol. The number of nitrogens with one attached hydrogen (secondary N) is 1. The Bertz CT molecular complexity index is 700. The second kappa shape index (κ2) is 6.37. The second-order valence-electron chi connectivity index (χ2n) is 5.32. The molecule has 0 saturated heterocycles. The molecular formula is C18H20N2S. The molecule has 0 aliphatic heterocycles. The van der Waals surface area contributed by atoms with Gasteiger partial charge >= 0.3 is 0 Å². The van der Waals surface area contributed by atoms with Gasteiger partial charge < -0.3 is 5.32 Å². The SMILES string of the molecule is CCNC(Cc1cccc(C)c1)c1nc2ccccc2s1. The number of thiazole rings is 1. The Morgan fingerprint density at radius 2 is 2.00 bits per heavy atom. The van der Waals surface area contributed by atoms with Gasteiger partial charge in [0.1, 0.15) is 5.01 Å². The summed E-state index contributed by atoms with van der Waals surface area (Å²) in [5.41, 5.74) is 3.77. The Morgan fingerprint density at radius 1 is 1.14 bits per heavy atom. The molecule has 3 aromatic rings. The van der Waals surface area contributed by atoms with Crippen LogP contribution in [0.15, 0.2) is 48.5 Å². The zero-order valence-corrected chi connectivity index (χ0v) is 13.3. The fraction of sp³-hybridized carbons (Fsp3) is 0.278. The van der Waals surface area contributed by atoms with Crippen molar-refractivity contribution in [2.24, 2.45) is 0 Å². The lowest BCUT2D eigenvalue weighted by Crippen LogP contribution is -2.22. The number of nitrogens with zero attached hydrogens (tertiary/aromatic N) is 1. The van der Waals surface area contributed by atoms with Crippen LogP contribution < -0.4 is 5.32 Å². The summed E-state index contributed by atoms with van der Waals surface area (Å²) in [5.74, 6) is 0. The number of benzene rings is 2. The summed E-state index contributed by atoms with van der Waals surface area (Å²) >= 11 is 1.80. The van der Waals surface area contributed by atoms with E-state index in [9.17, 15) is 0 Å². The van der Waals surface area contributed by atoms with E-state index >= 15 is 0 Å². The zero-order chi connectivity index (χ0) is 14.7.